The number of hydrogen-bond acceptors (Lipinski definition) is 2. The Kier molecular flexibility index (Phi) is 4.58. The van der Waals surface area contributed by atoms with E-state index in [2.05, 4.69) is 44.8 Å². The van der Waals surface area contributed by atoms with E-state index in [1.54, 1.807) is 12.1 Å². The molecule has 0 radical (unpaired) electrons. The van der Waals surface area contributed by atoms with Crippen molar-refractivity contribution >= 4 is 21.9 Å². The molecule has 0 unspecified atom stereocenters. The molecule has 1 aliphatic rings. The molecule has 6 rings (SSSR count). The van der Waals surface area contributed by atoms with Crippen molar-refractivity contribution in [2.45, 2.75) is 87.3 Å². The maximum atomic E-state index is 10.0. The predicted molar refractivity (Wildman–Crippen MR) is 170 cm³/mol. The Labute approximate surface area is 249 Å². The Hall–Kier alpha value is -3.39. The van der Waals surface area contributed by atoms with E-state index in [-0.39, 0.29) is 22.0 Å². The van der Waals surface area contributed by atoms with E-state index in [9.17, 15) is 1.37 Å². The Morgan fingerprint density at radius 2 is 1.57 bits per heavy atom. The highest BCUT2D eigenvalue weighted by Crippen LogP contribution is 2.57. The van der Waals surface area contributed by atoms with Gasteiger partial charge in [-0.1, -0.05) is 64.4 Å². The number of benzene rings is 3. The average molecular weight is 537 g/mol. The number of hydrogen-bond donors (Lipinski definition) is 0. The maximum absolute atomic E-state index is 10.0. The third-order valence-corrected chi connectivity index (χ3v) is 9.06. The maximum Gasteiger partial charge on any atom is 0.144 e. The molecule has 1 saturated carbocycles. The van der Waals surface area contributed by atoms with Crippen LogP contribution in [0.2, 0.25) is 0 Å². The summed E-state index contributed by atoms with van der Waals surface area (Å²) in [5, 5.41) is 1.68. The summed E-state index contributed by atoms with van der Waals surface area (Å²) in [5.74, 6) is -0.823. The molecule has 0 atom stereocenters. The molecular weight excluding hydrogens is 486 g/mol. The minimum absolute atomic E-state index is 0.158. The summed E-state index contributed by atoms with van der Waals surface area (Å²) in [5.41, 5.74) is 7.23. The van der Waals surface area contributed by atoms with Crippen LogP contribution in [0.3, 0.4) is 0 Å². The van der Waals surface area contributed by atoms with Gasteiger partial charge in [0.2, 0.25) is 0 Å². The van der Waals surface area contributed by atoms with Crippen LogP contribution in [0.25, 0.3) is 44.3 Å². The molecule has 206 valence electrons. The standard InChI is InChI=1S/C38H43NO/c1-22-16-25(4)34-28-13-10-12-27(35(28)40-33(34)17-22)32-20-30(26(5)21-39-32)29-18-24(3)31(19-23(29)2)36-37(6,7)14-11-15-38(36,8)9/h10,12-13,16-21,36H,11,14-15H2,1-9H3/i1D3,5D3,36D. The van der Waals surface area contributed by atoms with Crippen LogP contribution >= 0.6 is 0 Å². The Morgan fingerprint density at radius 1 is 0.825 bits per heavy atom. The van der Waals surface area contributed by atoms with E-state index in [0.29, 0.717) is 28.0 Å². The summed E-state index contributed by atoms with van der Waals surface area (Å²) in [6.07, 6.45) is 4.48. The molecule has 40 heavy (non-hydrogen) atoms. The van der Waals surface area contributed by atoms with Crippen molar-refractivity contribution in [1.29, 1.82) is 0 Å². The van der Waals surface area contributed by atoms with E-state index in [1.807, 2.05) is 45.0 Å². The second-order valence-corrected chi connectivity index (χ2v) is 13.0. The predicted octanol–water partition coefficient (Wildman–Crippen LogP) is 11.2. The summed E-state index contributed by atoms with van der Waals surface area (Å²) in [4.78, 5) is 4.65. The molecule has 1 aliphatic carbocycles. The van der Waals surface area contributed by atoms with Crippen LogP contribution in [-0.2, 0) is 0 Å². The third kappa shape index (κ3) is 4.28. The van der Waals surface area contributed by atoms with E-state index in [4.69, 9.17) is 12.6 Å². The van der Waals surface area contributed by atoms with Gasteiger partial charge in [-0.15, -0.1) is 0 Å². The molecule has 0 N–H and O–H groups in total. The molecule has 3 aromatic carbocycles. The summed E-state index contributed by atoms with van der Waals surface area (Å²) >= 11 is 0. The summed E-state index contributed by atoms with van der Waals surface area (Å²) in [6, 6.07) is 15.0. The molecule has 0 aliphatic heterocycles. The van der Waals surface area contributed by atoms with Gasteiger partial charge in [0.15, 0.2) is 0 Å². The highest BCUT2D eigenvalue weighted by Gasteiger charge is 2.45. The number of aromatic nitrogens is 1. The summed E-state index contributed by atoms with van der Waals surface area (Å²) in [7, 11) is 0. The van der Waals surface area contributed by atoms with E-state index in [0.717, 1.165) is 57.9 Å². The first kappa shape index (κ1) is 19.6. The van der Waals surface area contributed by atoms with Gasteiger partial charge in [-0.2, -0.15) is 0 Å². The lowest BCUT2D eigenvalue weighted by Gasteiger charge is -2.50. The van der Waals surface area contributed by atoms with Crippen LogP contribution in [0.5, 0.6) is 0 Å². The monoisotopic (exact) mass is 536 g/mol. The summed E-state index contributed by atoms with van der Waals surface area (Å²) < 4.78 is 65.3. The Balaban J connectivity index is 1.56. The molecule has 2 heteroatoms. The molecule has 1 fully saturated rings. The van der Waals surface area contributed by atoms with Crippen LogP contribution < -0.4 is 0 Å². The van der Waals surface area contributed by atoms with Crippen LogP contribution in [0, 0.1) is 45.3 Å². The number of para-hydroxylation sites is 1. The van der Waals surface area contributed by atoms with Gasteiger partial charge in [-0.05, 0) is 127 Å². The number of rotatable bonds is 3. The SMILES string of the molecule is [2H]C([2H])([2H])c1cc(C)c2c(c1)oc1c(-c3cc(-c4cc(C)c(C5([2H])C(C)(C)CCCC5(C)C)cc4C)c(C([2H])([2H])[2H])cn3)cccc12. The molecule has 2 nitrogen and oxygen atoms in total. The normalized spacial score (nSPS) is 21.1. The number of aryl methyl sites for hydroxylation is 5. The zero-order chi connectivity index (χ0) is 34.5. The van der Waals surface area contributed by atoms with Crippen molar-refractivity contribution in [3.05, 3.63) is 88.1 Å². The lowest BCUT2D eigenvalue weighted by atomic mass is 9.54. The van der Waals surface area contributed by atoms with E-state index >= 15 is 0 Å². The number of fused-ring (bicyclic) bond motifs is 3. The van der Waals surface area contributed by atoms with Gasteiger partial charge in [-0.25, -0.2) is 0 Å². The largest absolute Gasteiger partial charge is 0.455 e. The lowest BCUT2D eigenvalue weighted by Crippen LogP contribution is -2.38. The fourth-order valence-electron chi connectivity index (χ4n) is 7.40. The first-order valence-corrected chi connectivity index (χ1v) is 14.3. The highest BCUT2D eigenvalue weighted by molar-refractivity contribution is 6.11. The van der Waals surface area contributed by atoms with Crippen LogP contribution in [0.1, 0.15) is 95.8 Å². The first-order valence-electron chi connectivity index (χ1n) is 17.8. The topological polar surface area (TPSA) is 26.0 Å². The van der Waals surface area contributed by atoms with Crippen LogP contribution in [0.15, 0.2) is 59.1 Å². The van der Waals surface area contributed by atoms with Crippen molar-refractivity contribution in [1.82, 2.24) is 4.98 Å². The second kappa shape index (κ2) is 9.33. The molecule has 2 heterocycles. The minimum Gasteiger partial charge on any atom is -0.455 e. The van der Waals surface area contributed by atoms with Crippen molar-refractivity contribution in [2.24, 2.45) is 10.8 Å². The zero-order valence-electron chi connectivity index (χ0n) is 31.7. The van der Waals surface area contributed by atoms with Crippen molar-refractivity contribution in [2.75, 3.05) is 0 Å². The Bertz CT molecular complexity index is 2030. The quantitative estimate of drug-likeness (QED) is 0.229. The van der Waals surface area contributed by atoms with Crippen LogP contribution in [0.4, 0.5) is 0 Å². The smallest absolute Gasteiger partial charge is 0.144 e. The minimum atomic E-state index is -2.40. The molecule has 0 saturated heterocycles. The molecule has 0 spiro atoms. The van der Waals surface area contributed by atoms with Gasteiger partial charge in [0.25, 0.3) is 0 Å². The average Bonchev–Trinajstić information content (AvgIpc) is 3.35. The van der Waals surface area contributed by atoms with E-state index in [1.165, 1.54) is 6.20 Å². The van der Waals surface area contributed by atoms with Crippen molar-refractivity contribution in [3.63, 3.8) is 0 Å². The van der Waals surface area contributed by atoms with Gasteiger partial charge >= 0.3 is 0 Å². The van der Waals surface area contributed by atoms with Gasteiger partial charge < -0.3 is 4.42 Å². The fraction of sp³-hybridized carbons (Fsp3) is 0.395. The van der Waals surface area contributed by atoms with Gasteiger partial charge in [0, 0.05) is 32.1 Å². The third-order valence-electron chi connectivity index (χ3n) is 9.06. The van der Waals surface area contributed by atoms with Crippen LogP contribution in [-0.4, -0.2) is 4.98 Å². The van der Waals surface area contributed by atoms with Gasteiger partial charge in [0.05, 0.1) is 5.69 Å². The fourth-order valence-corrected chi connectivity index (χ4v) is 7.40. The van der Waals surface area contributed by atoms with Gasteiger partial charge in [-0.3, -0.25) is 4.98 Å². The number of furan rings is 1. The van der Waals surface area contributed by atoms with Crippen molar-refractivity contribution < 1.29 is 14.0 Å². The Morgan fingerprint density at radius 3 is 2.30 bits per heavy atom. The zero-order valence-corrected chi connectivity index (χ0v) is 24.7. The molecule has 5 aromatic rings. The van der Waals surface area contributed by atoms with Gasteiger partial charge in [0.1, 0.15) is 11.2 Å². The first-order chi connectivity index (χ1) is 21.7. The molecule has 0 bridgehead atoms. The highest BCUT2D eigenvalue weighted by atomic mass is 16.3. The summed E-state index contributed by atoms with van der Waals surface area (Å²) in [6.45, 7) is 10.1. The molecular formula is C38H43NO. The molecule has 0 amide bonds. The number of nitrogens with zero attached hydrogens (tertiary/aromatic N) is 1. The lowest BCUT2D eigenvalue weighted by molar-refractivity contribution is 0.0723. The second-order valence-electron chi connectivity index (χ2n) is 13.0. The van der Waals surface area contributed by atoms with E-state index < -0.39 is 19.6 Å². The van der Waals surface area contributed by atoms with Crippen molar-refractivity contribution in [3.8, 4) is 22.4 Å². The number of pyridine rings is 1. The molecule has 2 aromatic heterocycles.